The van der Waals surface area contributed by atoms with E-state index in [1.165, 1.54) is 0 Å². The van der Waals surface area contributed by atoms with Gasteiger partial charge in [0, 0.05) is 22.9 Å². The highest BCUT2D eigenvalue weighted by molar-refractivity contribution is 9.10. The summed E-state index contributed by atoms with van der Waals surface area (Å²) < 4.78 is 0.866. The Labute approximate surface area is 127 Å². The van der Waals surface area contributed by atoms with Crippen LogP contribution in [0, 0.1) is 6.92 Å². The van der Waals surface area contributed by atoms with Crippen LogP contribution in [-0.2, 0) is 0 Å². The minimum atomic E-state index is 0.109. The zero-order valence-corrected chi connectivity index (χ0v) is 13.0. The Balaban J connectivity index is 1.91. The lowest BCUT2D eigenvalue weighted by Gasteiger charge is -2.24. The van der Waals surface area contributed by atoms with Gasteiger partial charge in [-0.1, -0.05) is 11.6 Å². The molecule has 0 spiro atoms. The molecular formula is C16H17BrN2O. The van der Waals surface area contributed by atoms with E-state index in [-0.39, 0.29) is 11.9 Å². The number of nitrogens with zero attached hydrogens (tertiary/aromatic N) is 1. The summed E-state index contributed by atoms with van der Waals surface area (Å²) in [6.45, 7) is 2.83. The Morgan fingerprint density at radius 1 is 1.40 bits per heavy atom. The van der Waals surface area contributed by atoms with Crippen LogP contribution in [0.1, 0.15) is 40.5 Å². The Morgan fingerprint density at radius 2 is 2.25 bits per heavy atom. The summed E-state index contributed by atoms with van der Waals surface area (Å²) in [6.07, 6.45) is 3.99. The van der Waals surface area contributed by atoms with E-state index >= 15 is 0 Å². The molecular weight excluding hydrogens is 316 g/mol. The summed E-state index contributed by atoms with van der Waals surface area (Å²) in [7, 11) is 0. The second-order valence-corrected chi connectivity index (χ2v) is 6.12. The summed E-state index contributed by atoms with van der Waals surface area (Å²) >= 11 is 3.49. The first-order valence-electron chi connectivity index (χ1n) is 6.87. The Morgan fingerprint density at radius 3 is 3.00 bits per heavy atom. The number of nitrogens with one attached hydrogen (secondary N) is 1. The van der Waals surface area contributed by atoms with Crippen molar-refractivity contribution < 1.29 is 4.79 Å². The number of aromatic amines is 1. The van der Waals surface area contributed by atoms with Crippen LogP contribution < -0.4 is 0 Å². The van der Waals surface area contributed by atoms with Crippen molar-refractivity contribution in [1.82, 2.24) is 9.88 Å². The first-order valence-corrected chi connectivity index (χ1v) is 7.66. The molecule has 1 unspecified atom stereocenters. The maximum atomic E-state index is 12.8. The van der Waals surface area contributed by atoms with Gasteiger partial charge in [0.25, 0.3) is 5.91 Å². The van der Waals surface area contributed by atoms with Gasteiger partial charge in [-0.25, -0.2) is 0 Å². The zero-order valence-electron chi connectivity index (χ0n) is 11.4. The minimum Gasteiger partial charge on any atom is -0.363 e. The number of H-pyrrole nitrogens is 1. The molecule has 0 radical (unpaired) electrons. The number of hydrogen-bond donors (Lipinski definition) is 1. The molecule has 1 aliphatic rings. The fraction of sp³-hybridized carbons (Fsp3) is 0.312. The molecule has 104 valence electrons. The second-order valence-electron chi connectivity index (χ2n) is 5.27. The highest BCUT2D eigenvalue weighted by Crippen LogP contribution is 2.33. The van der Waals surface area contributed by atoms with Gasteiger partial charge in [0.1, 0.15) is 0 Å². The number of benzene rings is 1. The van der Waals surface area contributed by atoms with Crippen LogP contribution in [0.3, 0.4) is 0 Å². The molecule has 1 N–H and O–H groups in total. The van der Waals surface area contributed by atoms with Crippen LogP contribution in [0.25, 0.3) is 0 Å². The van der Waals surface area contributed by atoms with Crippen LogP contribution in [0.15, 0.2) is 41.0 Å². The minimum absolute atomic E-state index is 0.109. The van der Waals surface area contributed by atoms with E-state index < -0.39 is 0 Å². The van der Waals surface area contributed by atoms with Crippen molar-refractivity contribution >= 4 is 21.8 Å². The first-order chi connectivity index (χ1) is 9.66. The lowest BCUT2D eigenvalue weighted by Crippen LogP contribution is -2.31. The Kier molecular flexibility index (Phi) is 3.66. The molecule has 1 fully saturated rings. The smallest absolute Gasteiger partial charge is 0.255 e. The summed E-state index contributed by atoms with van der Waals surface area (Å²) in [5.74, 6) is 0.109. The van der Waals surface area contributed by atoms with Gasteiger partial charge in [-0.3, -0.25) is 4.79 Å². The predicted molar refractivity (Wildman–Crippen MR) is 82.7 cm³/mol. The van der Waals surface area contributed by atoms with Crippen molar-refractivity contribution in [3.63, 3.8) is 0 Å². The highest BCUT2D eigenvalue weighted by Gasteiger charge is 2.31. The standard InChI is InChI=1S/C16H17BrN2O/c1-11-6-7-13(17)12(10-11)16(20)19-9-3-5-15(19)14-4-2-8-18-14/h2,4,6-8,10,15,18H,3,5,9H2,1H3. The van der Waals surface area contributed by atoms with Crippen LogP contribution >= 0.6 is 15.9 Å². The summed E-state index contributed by atoms with van der Waals surface area (Å²) in [5, 5.41) is 0. The molecule has 1 aromatic heterocycles. The average molecular weight is 333 g/mol. The first kappa shape index (κ1) is 13.4. The number of amides is 1. The van der Waals surface area contributed by atoms with E-state index in [0.29, 0.717) is 0 Å². The molecule has 0 bridgehead atoms. The lowest BCUT2D eigenvalue weighted by molar-refractivity contribution is 0.0732. The van der Waals surface area contributed by atoms with E-state index in [0.717, 1.165) is 40.7 Å². The van der Waals surface area contributed by atoms with Crippen LogP contribution in [-0.4, -0.2) is 22.3 Å². The third-order valence-corrected chi connectivity index (χ3v) is 4.54. The van der Waals surface area contributed by atoms with Crippen molar-refractivity contribution in [1.29, 1.82) is 0 Å². The van der Waals surface area contributed by atoms with E-state index in [4.69, 9.17) is 0 Å². The van der Waals surface area contributed by atoms with Gasteiger partial charge in [-0.2, -0.15) is 0 Å². The maximum absolute atomic E-state index is 12.8. The van der Waals surface area contributed by atoms with E-state index in [2.05, 4.69) is 27.0 Å². The zero-order chi connectivity index (χ0) is 14.1. The molecule has 1 aromatic carbocycles. The van der Waals surface area contributed by atoms with Gasteiger partial charge in [-0.15, -0.1) is 0 Å². The number of carbonyl (C=O) groups is 1. The van der Waals surface area contributed by atoms with E-state index in [9.17, 15) is 4.79 Å². The number of aromatic nitrogens is 1. The molecule has 1 saturated heterocycles. The highest BCUT2D eigenvalue weighted by atomic mass is 79.9. The monoisotopic (exact) mass is 332 g/mol. The topological polar surface area (TPSA) is 36.1 Å². The average Bonchev–Trinajstić information content (AvgIpc) is 3.10. The van der Waals surface area contributed by atoms with Gasteiger partial charge in [0.05, 0.1) is 11.6 Å². The van der Waals surface area contributed by atoms with Gasteiger partial charge >= 0.3 is 0 Å². The van der Waals surface area contributed by atoms with Crippen molar-refractivity contribution in [2.75, 3.05) is 6.54 Å². The van der Waals surface area contributed by atoms with Gasteiger partial charge < -0.3 is 9.88 Å². The fourth-order valence-corrected chi connectivity index (χ4v) is 3.26. The maximum Gasteiger partial charge on any atom is 0.255 e. The molecule has 3 nitrogen and oxygen atoms in total. The van der Waals surface area contributed by atoms with Crippen molar-refractivity contribution in [3.05, 3.63) is 57.8 Å². The van der Waals surface area contributed by atoms with Crippen molar-refractivity contribution in [3.8, 4) is 0 Å². The number of aryl methyl sites for hydroxylation is 1. The lowest BCUT2D eigenvalue weighted by atomic mass is 10.1. The molecule has 3 rings (SSSR count). The van der Waals surface area contributed by atoms with Crippen LogP contribution in [0.4, 0.5) is 0 Å². The molecule has 2 aromatic rings. The van der Waals surface area contributed by atoms with Crippen molar-refractivity contribution in [2.24, 2.45) is 0 Å². The number of likely N-dealkylation sites (tertiary alicyclic amines) is 1. The van der Waals surface area contributed by atoms with E-state index in [1.807, 2.05) is 42.3 Å². The Hall–Kier alpha value is -1.55. The van der Waals surface area contributed by atoms with Crippen LogP contribution in [0.2, 0.25) is 0 Å². The molecule has 0 saturated carbocycles. The van der Waals surface area contributed by atoms with E-state index in [1.54, 1.807) is 0 Å². The third kappa shape index (κ3) is 2.40. The molecule has 4 heteroatoms. The second kappa shape index (κ2) is 5.44. The number of hydrogen-bond acceptors (Lipinski definition) is 1. The number of rotatable bonds is 2. The number of halogens is 1. The molecule has 1 aliphatic heterocycles. The largest absolute Gasteiger partial charge is 0.363 e. The van der Waals surface area contributed by atoms with Gasteiger partial charge in [0.2, 0.25) is 0 Å². The molecule has 0 aliphatic carbocycles. The molecule has 20 heavy (non-hydrogen) atoms. The quantitative estimate of drug-likeness (QED) is 0.884. The third-order valence-electron chi connectivity index (χ3n) is 3.85. The molecule has 2 heterocycles. The molecule has 1 atom stereocenters. The van der Waals surface area contributed by atoms with Gasteiger partial charge in [-0.05, 0) is 60.0 Å². The normalized spacial score (nSPS) is 18.5. The van der Waals surface area contributed by atoms with Crippen molar-refractivity contribution in [2.45, 2.75) is 25.8 Å². The molecule has 1 amide bonds. The van der Waals surface area contributed by atoms with Gasteiger partial charge in [0.15, 0.2) is 0 Å². The Bertz CT molecular complexity index is 621. The predicted octanol–water partition coefficient (Wildman–Crippen LogP) is 4.06. The summed E-state index contributed by atoms with van der Waals surface area (Å²) in [4.78, 5) is 18.0. The van der Waals surface area contributed by atoms with Crippen LogP contribution in [0.5, 0.6) is 0 Å². The fourth-order valence-electron chi connectivity index (χ4n) is 2.84. The summed E-state index contributed by atoms with van der Waals surface area (Å²) in [6, 6.07) is 10.1. The number of carbonyl (C=O) groups excluding carboxylic acids is 1. The SMILES string of the molecule is Cc1ccc(Br)c(C(=O)N2CCCC2c2ccc[nH]2)c1. The summed E-state index contributed by atoms with van der Waals surface area (Å²) in [5.41, 5.74) is 2.98.